The molecule has 0 aromatic rings. The summed E-state index contributed by atoms with van der Waals surface area (Å²) >= 11 is 0. The van der Waals surface area contributed by atoms with Crippen LogP contribution in [0.1, 0.15) is 245 Å². The molecule has 6 nitrogen and oxygen atoms in total. The normalized spacial score (nSPS) is 13.1. The van der Waals surface area contributed by atoms with Gasteiger partial charge in [-0.05, 0) is 116 Å². The van der Waals surface area contributed by atoms with Crippen molar-refractivity contribution in [2.45, 2.75) is 252 Å². The highest BCUT2D eigenvalue weighted by molar-refractivity contribution is 5.71. The predicted molar refractivity (Wildman–Crippen MR) is 311 cm³/mol. The fraction of sp³-hybridized carbons (Fsp3) is 0.621. The molecule has 72 heavy (non-hydrogen) atoms. The zero-order chi connectivity index (χ0) is 52.2. The van der Waals surface area contributed by atoms with Gasteiger partial charge in [0, 0.05) is 19.3 Å². The Morgan fingerprint density at radius 1 is 0.292 bits per heavy atom. The first-order valence-corrected chi connectivity index (χ1v) is 29.2. The van der Waals surface area contributed by atoms with Crippen LogP contribution in [0.25, 0.3) is 0 Å². The van der Waals surface area contributed by atoms with Crippen molar-refractivity contribution in [2.24, 2.45) is 0 Å². The molecular formula is C66H106O6. The molecule has 6 heteroatoms. The lowest BCUT2D eigenvalue weighted by Gasteiger charge is -2.18. The van der Waals surface area contributed by atoms with E-state index in [1.807, 2.05) is 0 Å². The first-order valence-electron chi connectivity index (χ1n) is 29.2. The van der Waals surface area contributed by atoms with E-state index in [4.69, 9.17) is 14.2 Å². The van der Waals surface area contributed by atoms with Gasteiger partial charge in [0.1, 0.15) is 13.2 Å². The number of carbonyl (C=O) groups excluding carboxylic acids is 3. The maximum atomic E-state index is 12.8. The van der Waals surface area contributed by atoms with E-state index in [-0.39, 0.29) is 31.1 Å². The standard InChI is InChI=1S/C66H106O6/c1-4-7-10-13-16-19-22-24-26-28-29-30-31-32-33-34-35-36-37-39-40-42-44-47-50-53-56-59-65(68)71-62-63(61-70-64(67)58-55-52-49-46-21-18-15-12-9-6-3)72-66(69)60-57-54-51-48-45-43-41-38-27-25-23-20-17-14-11-8-5-2/h7-8,10-11,16-17,19-20,24-27,29-30,32-33,35-36,39-40,44,47,63H,4-6,9,12-15,18,21-23,28,31,34,37-38,41-43,45-46,48-62H2,1-3H3/b10-7-,11-8-,19-16-,20-17-,26-24-,27-25-,30-29-,33-32-,36-35-,40-39-,47-44-. The van der Waals surface area contributed by atoms with Gasteiger partial charge in [-0.2, -0.15) is 0 Å². The van der Waals surface area contributed by atoms with E-state index < -0.39 is 6.10 Å². The fourth-order valence-corrected chi connectivity index (χ4v) is 7.59. The number of hydrogen-bond donors (Lipinski definition) is 0. The van der Waals surface area contributed by atoms with Crippen molar-refractivity contribution in [3.63, 3.8) is 0 Å². The van der Waals surface area contributed by atoms with Crippen LogP contribution in [0.15, 0.2) is 134 Å². The van der Waals surface area contributed by atoms with Crippen molar-refractivity contribution in [2.75, 3.05) is 13.2 Å². The summed E-state index contributed by atoms with van der Waals surface area (Å²) in [7, 11) is 0. The van der Waals surface area contributed by atoms with E-state index in [0.717, 1.165) is 128 Å². The van der Waals surface area contributed by atoms with E-state index in [1.54, 1.807) is 0 Å². The van der Waals surface area contributed by atoms with Crippen LogP contribution in [0.5, 0.6) is 0 Å². The summed E-state index contributed by atoms with van der Waals surface area (Å²) < 4.78 is 16.8. The molecule has 0 bridgehead atoms. The number of unbranched alkanes of at least 4 members (excludes halogenated alkanes) is 18. The Hall–Kier alpha value is -4.45. The lowest BCUT2D eigenvalue weighted by atomic mass is 10.1. The SMILES string of the molecule is CC/C=C\C/C=C\C/C=C\C/C=C\C/C=C\C/C=C\C/C=C\C/C=C\CCCCC(=O)OCC(COC(=O)CCCCCCCCCCCC)OC(=O)CCCCCCCCC/C=C\C/C=C\C/C=C\CC. The minimum Gasteiger partial charge on any atom is -0.462 e. The predicted octanol–water partition coefficient (Wildman–Crippen LogP) is 19.8. The third-order valence-corrected chi connectivity index (χ3v) is 11.9. The van der Waals surface area contributed by atoms with Crippen LogP contribution in [-0.4, -0.2) is 37.2 Å². The number of hydrogen-bond acceptors (Lipinski definition) is 6. The molecular weight excluding hydrogens is 889 g/mol. The summed E-state index contributed by atoms with van der Waals surface area (Å²) in [6.45, 7) is 6.35. The van der Waals surface area contributed by atoms with Crippen molar-refractivity contribution >= 4 is 17.9 Å². The zero-order valence-electron chi connectivity index (χ0n) is 46.4. The second-order valence-electron chi connectivity index (χ2n) is 18.8. The number of carbonyl (C=O) groups is 3. The maximum absolute atomic E-state index is 12.8. The number of esters is 3. The van der Waals surface area contributed by atoms with Crippen molar-refractivity contribution in [1.82, 2.24) is 0 Å². The van der Waals surface area contributed by atoms with Crippen LogP contribution in [0.2, 0.25) is 0 Å². The Bertz CT molecular complexity index is 1560. The average Bonchev–Trinajstić information content (AvgIpc) is 3.38. The van der Waals surface area contributed by atoms with Crippen LogP contribution in [0.4, 0.5) is 0 Å². The summed E-state index contributed by atoms with van der Waals surface area (Å²) in [5.41, 5.74) is 0. The second-order valence-corrected chi connectivity index (χ2v) is 18.8. The average molecular weight is 996 g/mol. The van der Waals surface area contributed by atoms with E-state index in [2.05, 4.69) is 154 Å². The Kier molecular flexibility index (Phi) is 55.5. The molecule has 0 aromatic heterocycles. The van der Waals surface area contributed by atoms with E-state index in [0.29, 0.717) is 25.7 Å². The van der Waals surface area contributed by atoms with Gasteiger partial charge in [-0.25, -0.2) is 0 Å². The van der Waals surface area contributed by atoms with Gasteiger partial charge in [-0.1, -0.05) is 244 Å². The van der Waals surface area contributed by atoms with Crippen LogP contribution in [0.3, 0.4) is 0 Å². The highest BCUT2D eigenvalue weighted by Crippen LogP contribution is 2.14. The molecule has 0 N–H and O–H groups in total. The molecule has 0 aliphatic rings. The van der Waals surface area contributed by atoms with Crippen LogP contribution in [0, 0.1) is 0 Å². The first-order chi connectivity index (χ1) is 35.5. The van der Waals surface area contributed by atoms with Crippen molar-refractivity contribution in [3.8, 4) is 0 Å². The molecule has 0 heterocycles. The molecule has 0 saturated carbocycles. The van der Waals surface area contributed by atoms with E-state index >= 15 is 0 Å². The number of ether oxygens (including phenoxy) is 3. The molecule has 0 radical (unpaired) electrons. The third kappa shape index (κ3) is 56.5. The summed E-state index contributed by atoms with van der Waals surface area (Å²) in [6, 6.07) is 0. The van der Waals surface area contributed by atoms with Crippen LogP contribution in [-0.2, 0) is 28.6 Å². The minimum absolute atomic E-state index is 0.0984. The van der Waals surface area contributed by atoms with Crippen LogP contribution >= 0.6 is 0 Å². The van der Waals surface area contributed by atoms with Gasteiger partial charge in [0.05, 0.1) is 0 Å². The molecule has 0 spiro atoms. The van der Waals surface area contributed by atoms with Crippen LogP contribution < -0.4 is 0 Å². The largest absolute Gasteiger partial charge is 0.462 e. The summed E-state index contributed by atoms with van der Waals surface area (Å²) in [4.78, 5) is 38.1. The number of allylic oxidation sites excluding steroid dienone is 22. The minimum atomic E-state index is -0.804. The Balaban J connectivity index is 4.40. The highest BCUT2D eigenvalue weighted by Gasteiger charge is 2.19. The first kappa shape index (κ1) is 67.5. The Morgan fingerprint density at radius 2 is 0.542 bits per heavy atom. The maximum Gasteiger partial charge on any atom is 0.306 e. The molecule has 0 amide bonds. The molecule has 1 unspecified atom stereocenters. The lowest BCUT2D eigenvalue weighted by Crippen LogP contribution is -2.30. The van der Waals surface area contributed by atoms with E-state index in [1.165, 1.54) is 70.6 Å². The Labute approximate surface area is 443 Å². The molecule has 406 valence electrons. The lowest BCUT2D eigenvalue weighted by molar-refractivity contribution is -0.167. The molecule has 0 saturated heterocycles. The zero-order valence-corrected chi connectivity index (χ0v) is 46.4. The van der Waals surface area contributed by atoms with Gasteiger partial charge in [0.25, 0.3) is 0 Å². The molecule has 1 atom stereocenters. The molecule has 0 aliphatic heterocycles. The summed E-state index contributed by atoms with van der Waals surface area (Å²) in [5, 5.41) is 0. The molecule has 0 aromatic carbocycles. The van der Waals surface area contributed by atoms with Gasteiger partial charge in [-0.3, -0.25) is 14.4 Å². The summed E-state index contributed by atoms with van der Waals surface area (Å²) in [6.07, 6.45) is 83.1. The molecule has 0 fully saturated rings. The van der Waals surface area contributed by atoms with Gasteiger partial charge < -0.3 is 14.2 Å². The van der Waals surface area contributed by atoms with E-state index in [9.17, 15) is 14.4 Å². The van der Waals surface area contributed by atoms with Gasteiger partial charge >= 0.3 is 17.9 Å². The highest BCUT2D eigenvalue weighted by atomic mass is 16.6. The second kappa shape index (κ2) is 59.1. The summed E-state index contributed by atoms with van der Waals surface area (Å²) in [5.74, 6) is -0.959. The molecule has 0 rings (SSSR count). The van der Waals surface area contributed by atoms with Gasteiger partial charge in [0.15, 0.2) is 6.10 Å². The van der Waals surface area contributed by atoms with Crippen molar-refractivity contribution < 1.29 is 28.6 Å². The van der Waals surface area contributed by atoms with Gasteiger partial charge in [0.2, 0.25) is 0 Å². The number of rotatable bonds is 51. The molecule has 0 aliphatic carbocycles. The monoisotopic (exact) mass is 995 g/mol. The smallest absolute Gasteiger partial charge is 0.306 e. The third-order valence-electron chi connectivity index (χ3n) is 11.9. The topological polar surface area (TPSA) is 78.9 Å². The van der Waals surface area contributed by atoms with Crippen molar-refractivity contribution in [3.05, 3.63) is 134 Å². The quantitative estimate of drug-likeness (QED) is 0.0261. The Morgan fingerprint density at radius 3 is 0.875 bits per heavy atom. The van der Waals surface area contributed by atoms with Crippen molar-refractivity contribution in [1.29, 1.82) is 0 Å². The van der Waals surface area contributed by atoms with Gasteiger partial charge in [-0.15, -0.1) is 0 Å². The fourth-order valence-electron chi connectivity index (χ4n) is 7.59.